The number of rotatable bonds is 12. The van der Waals surface area contributed by atoms with Crippen LogP contribution in [0, 0.1) is 0 Å². The first-order chi connectivity index (χ1) is 16.6. The van der Waals surface area contributed by atoms with E-state index in [1.807, 2.05) is 84.9 Å². The number of hydrogen-bond donors (Lipinski definition) is 1. The predicted molar refractivity (Wildman–Crippen MR) is 133 cm³/mol. The molecule has 1 unspecified atom stereocenters. The molecule has 0 saturated carbocycles. The molecule has 0 heterocycles. The van der Waals surface area contributed by atoms with Gasteiger partial charge in [-0.15, -0.1) is 0 Å². The number of nitrogens with zero attached hydrogens (tertiary/aromatic N) is 1. The standard InChI is InChI=1S/C28H32N2O4/c1-29-28(32)26(20-22-10-5-3-6-11-22)30(21-23-12-7-4-8-13-23)27(31)14-9-19-34-25-17-15-24(33-2)16-18-25/h3-8,10-13,15-18,26H,9,14,19-21H2,1-2H3,(H,29,32). The van der Waals surface area contributed by atoms with Crippen LogP contribution in [0.25, 0.3) is 0 Å². The third kappa shape index (κ3) is 7.37. The molecular weight excluding hydrogens is 428 g/mol. The molecule has 0 fully saturated rings. The second kappa shape index (κ2) is 13.0. The van der Waals surface area contributed by atoms with Crippen LogP contribution in [-0.2, 0) is 22.6 Å². The van der Waals surface area contributed by atoms with Crippen LogP contribution in [0.5, 0.6) is 11.5 Å². The summed E-state index contributed by atoms with van der Waals surface area (Å²) in [7, 11) is 3.22. The van der Waals surface area contributed by atoms with Crippen LogP contribution in [0.4, 0.5) is 0 Å². The van der Waals surface area contributed by atoms with E-state index < -0.39 is 6.04 Å². The number of benzene rings is 3. The second-order valence-corrected chi connectivity index (χ2v) is 7.95. The van der Waals surface area contributed by atoms with E-state index in [0.29, 0.717) is 26.0 Å². The van der Waals surface area contributed by atoms with Crippen LogP contribution < -0.4 is 14.8 Å². The summed E-state index contributed by atoms with van der Waals surface area (Å²) in [6.45, 7) is 0.768. The molecule has 3 aromatic carbocycles. The van der Waals surface area contributed by atoms with Gasteiger partial charge in [0.1, 0.15) is 17.5 Å². The Morgan fingerprint density at radius 2 is 1.44 bits per heavy atom. The fourth-order valence-electron chi connectivity index (χ4n) is 3.73. The van der Waals surface area contributed by atoms with Gasteiger partial charge in [-0.05, 0) is 41.8 Å². The van der Waals surface area contributed by atoms with E-state index in [-0.39, 0.29) is 18.2 Å². The van der Waals surface area contributed by atoms with E-state index in [1.165, 1.54) is 0 Å². The van der Waals surface area contributed by atoms with E-state index in [2.05, 4.69) is 5.32 Å². The molecule has 2 amide bonds. The Kier molecular flexibility index (Phi) is 9.52. The molecule has 0 aliphatic carbocycles. The Bertz CT molecular complexity index is 1020. The molecule has 1 atom stereocenters. The van der Waals surface area contributed by atoms with Crippen molar-refractivity contribution in [1.29, 1.82) is 0 Å². The van der Waals surface area contributed by atoms with Crippen molar-refractivity contribution in [3.05, 3.63) is 96.1 Å². The van der Waals surface area contributed by atoms with Gasteiger partial charge in [-0.25, -0.2) is 0 Å². The lowest BCUT2D eigenvalue weighted by Gasteiger charge is -2.31. The van der Waals surface area contributed by atoms with Crippen molar-refractivity contribution in [2.24, 2.45) is 0 Å². The molecule has 0 aromatic heterocycles. The SMILES string of the molecule is CNC(=O)C(Cc1ccccc1)N(Cc1ccccc1)C(=O)CCCOc1ccc(OC)cc1. The van der Waals surface area contributed by atoms with Crippen molar-refractivity contribution < 1.29 is 19.1 Å². The van der Waals surface area contributed by atoms with Gasteiger partial charge < -0.3 is 19.7 Å². The van der Waals surface area contributed by atoms with Gasteiger partial charge in [-0.3, -0.25) is 9.59 Å². The van der Waals surface area contributed by atoms with Gasteiger partial charge in [0.2, 0.25) is 11.8 Å². The number of carbonyl (C=O) groups is 2. The summed E-state index contributed by atoms with van der Waals surface area (Å²) in [6, 6.07) is 26.3. The van der Waals surface area contributed by atoms with Crippen LogP contribution in [0.3, 0.4) is 0 Å². The molecule has 3 rings (SSSR count). The normalized spacial score (nSPS) is 11.4. The van der Waals surface area contributed by atoms with E-state index in [0.717, 1.165) is 22.6 Å². The molecule has 0 bridgehead atoms. The summed E-state index contributed by atoms with van der Waals surface area (Å²) in [5, 5.41) is 2.74. The van der Waals surface area contributed by atoms with Gasteiger partial charge in [0, 0.05) is 26.4 Å². The molecule has 0 radical (unpaired) electrons. The van der Waals surface area contributed by atoms with E-state index in [4.69, 9.17) is 9.47 Å². The number of amides is 2. The zero-order valence-electron chi connectivity index (χ0n) is 19.8. The number of hydrogen-bond acceptors (Lipinski definition) is 4. The summed E-state index contributed by atoms with van der Waals surface area (Å²) < 4.78 is 10.9. The van der Waals surface area contributed by atoms with Crippen LogP contribution in [-0.4, -0.2) is 43.5 Å². The van der Waals surface area contributed by atoms with Crippen molar-refractivity contribution in [2.45, 2.75) is 31.8 Å². The monoisotopic (exact) mass is 460 g/mol. The molecule has 0 aliphatic heterocycles. The van der Waals surface area contributed by atoms with E-state index >= 15 is 0 Å². The fourth-order valence-corrected chi connectivity index (χ4v) is 3.73. The molecule has 178 valence electrons. The number of likely N-dealkylation sites (N-methyl/N-ethyl adjacent to an activating group) is 1. The van der Waals surface area contributed by atoms with Gasteiger partial charge in [0.25, 0.3) is 0 Å². The highest BCUT2D eigenvalue weighted by Crippen LogP contribution is 2.19. The van der Waals surface area contributed by atoms with Crippen molar-refractivity contribution in [2.75, 3.05) is 20.8 Å². The van der Waals surface area contributed by atoms with Crippen LogP contribution in [0.1, 0.15) is 24.0 Å². The quantitative estimate of drug-likeness (QED) is 0.411. The van der Waals surface area contributed by atoms with Gasteiger partial charge in [-0.2, -0.15) is 0 Å². The van der Waals surface area contributed by atoms with Crippen LogP contribution >= 0.6 is 0 Å². The first-order valence-electron chi connectivity index (χ1n) is 11.5. The molecule has 0 spiro atoms. The van der Waals surface area contributed by atoms with Gasteiger partial charge in [0.15, 0.2) is 0 Å². The molecule has 34 heavy (non-hydrogen) atoms. The van der Waals surface area contributed by atoms with Gasteiger partial charge in [0.05, 0.1) is 13.7 Å². The Balaban J connectivity index is 1.69. The van der Waals surface area contributed by atoms with Crippen LogP contribution in [0.15, 0.2) is 84.9 Å². The highest BCUT2D eigenvalue weighted by molar-refractivity contribution is 5.87. The number of nitrogens with one attached hydrogen (secondary N) is 1. The van der Waals surface area contributed by atoms with Crippen LogP contribution in [0.2, 0.25) is 0 Å². The highest BCUT2D eigenvalue weighted by Gasteiger charge is 2.29. The largest absolute Gasteiger partial charge is 0.497 e. The molecular formula is C28H32N2O4. The van der Waals surface area contributed by atoms with Crippen molar-refractivity contribution in [3.63, 3.8) is 0 Å². The Morgan fingerprint density at radius 3 is 2.03 bits per heavy atom. The molecule has 1 N–H and O–H groups in total. The Hall–Kier alpha value is -3.80. The number of carbonyl (C=O) groups excluding carboxylic acids is 2. The summed E-state index contributed by atoms with van der Waals surface area (Å²) in [5.41, 5.74) is 1.98. The minimum absolute atomic E-state index is 0.0771. The Morgan fingerprint density at radius 1 is 0.853 bits per heavy atom. The molecule has 0 saturated heterocycles. The maximum absolute atomic E-state index is 13.4. The smallest absolute Gasteiger partial charge is 0.242 e. The lowest BCUT2D eigenvalue weighted by Crippen LogP contribution is -2.49. The molecule has 0 aliphatic rings. The summed E-state index contributed by atoms with van der Waals surface area (Å²) in [4.78, 5) is 27.9. The zero-order chi connectivity index (χ0) is 24.2. The van der Waals surface area contributed by atoms with Gasteiger partial charge in [-0.1, -0.05) is 60.7 Å². The maximum atomic E-state index is 13.4. The van der Waals surface area contributed by atoms with Crippen molar-refractivity contribution >= 4 is 11.8 Å². The average Bonchev–Trinajstić information content (AvgIpc) is 2.89. The van der Waals surface area contributed by atoms with Crippen molar-refractivity contribution in [3.8, 4) is 11.5 Å². The minimum Gasteiger partial charge on any atom is -0.497 e. The van der Waals surface area contributed by atoms with Gasteiger partial charge >= 0.3 is 0 Å². The molecule has 6 nitrogen and oxygen atoms in total. The fraction of sp³-hybridized carbons (Fsp3) is 0.286. The maximum Gasteiger partial charge on any atom is 0.242 e. The van der Waals surface area contributed by atoms with Crippen molar-refractivity contribution in [1.82, 2.24) is 10.2 Å². The lowest BCUT2D eigenvalue weighted by atomic mass is 10.0. The second-order valence-electron chi connectivity index (χ2n) is 7.95. The third-order valence-electron chi connectivity index (χ3n) is 5.58. The molecule has 3 aromatic rings. The molecule has 6 heteroatoms. The lowest BCUT2D eigenvalue weighted by molar-refractivity contribution is -0.141. The highest BCUT2D eigenvalue weighted by atomic mass is 16.5. The first kappa shape index (κ1) is 24.8. The predicted octanol–water partition coefficient (Wildman–Crippen LogP) is 4.24. The third-order valence-corrected chi connectivity index (χ3v) is 5.58. The zero-order valence-corrected chi connectivity index (χ0v) is 19.8. The van der Waals surface area contributed by atoms with E-state index in [9.17, 15) is 9.59 Å². The minimum atomic E-state index is -0.609. The summed E-state index contributed by atoms with van der Waals surface area (Å²) in [6.07, 6.45) is 1.27. The summed E-state index contributed by atoms with van der Waals surface area (Å²) in [5.74, 6) is 1.23. The average molecular weight is 461 g/mol. The Labute approximate surface area is 201 Å². The topological polar surface area (TPSA) is 67.9 Å². The number of ether oxygens (including phenoxy) is 2. The number of methoxy groups -OCH3 is 1. The first-order valence-corrected chi connectivity index (χ1v) is 11.5. The summed E-state index contributed by atoms with van der Waals surface area (Å²) >= 11 is 0. The van der Waals surface area contributed by atoms with E-state index in [1.54, 1.807) is 19.1 Å².